The summed E-state index contributed by atoms with van der Waals surface area (Å²) in [6.45, 7) is 11.8. The molecular formula is C15H32FN3S. The van der Waals surface area contributed by atoms with Gasteiger partial charge in [0.05, 0.1) is 6.04 Å². The van der Waals surface area contributed by atoms with Gasteiger partial charge in [-0.2, -0.15) is 0 Å². The molecule has 3 atom stereocenters. The average molecular weight is 306 g/mol. The first-order valence-electron chi connectivity index (χ1n) is 7.82. The zero-order chi connectivity index (χ0) is 14.9. The molecule has 0 radical (unpaired) electrons. The van der Waals surface area contributed by atoms with Crippen LogP contribution in [0.4, 0.5) is 4.39 Å². The Bertz CT molecular complexity index is 313. The molecule has 0 aromatic carbocycles. The molecule has 2 rings (SSSR count). The largest absolute Gasteiger partial charge is 0.314 e. The summed E-state index contributed by atoms with van der Waals surface area (Å²) in [4.78, 5) is 4.92. The lowest BCUT2D eigenvalue weighted by molar-refractivity contribution is 0.0571. The van der Waals surface area contributed by atoms with E-state index in [1.54, 1.807) is 0 Å². The molecule has 2 aliphatic rings. The van der Waals surface area contributed by atoms with Crippen LogP contribution in [0.2, 0.25) is 0 Å². The number of piperazine rings is 1. The molecule has 0 unspecified atom stereocenters. The van der Waals surface area contributed by atoms with Crippen LogP contribution in [0.25, 0.3) is 0 Å². The molecule has 0 saturated carbocycles. The minimum Gasteiger partial charge on any atom is -0.314 e. The van der Waals surface area contributed by atoms with Crippen LogP contribution in [0, 0.1) is 0 Å². The lowest BCUT2D eigenvalue weighted by Crippen LogP contribution is -2.56. The van der Waals surface area contributed by atoms with Crippen molar-refractivity contribution in [1.29, 1.82) is 0 Å². The third-order valence-corrected chi connectivity index (χ3v) is 6.21. The molecule has 0 amide bonds. The standard InChI is InChI=1S/C15H32FN3S/c1-15(2,3)19-13(11-18-8-6-17-7-9-18)12(16)10-14(19)20(4)5/h12-14,17,20H,6-11H2,1-5H3/t12-,13-,14-/m1/s1. The maximum absolute atomic E-state index is 14.7. The SMILES string of the molecule is C[SH](C)[C@@H]1C[C@@H](F)[C@@H](CN2CCNCC2)N1C(C)(C)C. The molecule has 2 heterocycles. The van der Waals surface area contributed by atoms with Crippen molar-refractivity contribution in [1.82, 2.24) is 15.1 Å². The second-order valence-electron chi connectivity index (χ2n) is 7.39. The molecule has 2 saturated heterocycles. The van der Waals surface area contributed by atoms with E-state index < -0.39 is 6.17 Å². The van der Waals surface area contributed by atoms with Crippen molar-refractivity contribution >= 4 is 10.9 Å². The summed E-state index contributed by atoms with van der Waals surface area (Å²) in [6, 6.07) is 0.0722. The van der Waals surface area contributed by atoms with Gasteiger partial charge < -0.3 is 5.32 Å². The summed E-state index contributed by atoms with van der Waals surface area (Å²) in [5.41, 5.74) is 0.0524. The minimum absolute atomic E-state index is 0.0524. The van der Waals surface area contributed by atoms with Crippen LogP contribution in [-0.4, -0.2) is 78.2 Å². The van der Waals surface area contributed by atoms with Crippen molar-refractivity contribution in [3.8, 4) is 0 Å². The average Bonchev–Trinajstić information content (AvgIpc) is 2.68. The highest BCUT2D eigenvalue weighted by atomic mass is 32.2. The summed E-state index contributed by atoms with van der Waals surface area (Å²) >= 11 is 0. The van der Waals surface area contributed by atoms with Gasteiger partial charge in [0.1, 0.15) is 6.17 Å². The number of hydrogen-bond donors (Lipinski definition) is 2. The lowest BCUT2D eigenvalue weighted by Gasteiger charge is -2.45. The van der Waals surface area contributed by atoms with E-state index in [0.717, 1.165) is 39.1 Å². The number of hydrogen-bond acceptors (Lipinski definition) is 3. The highest BCUT2D eigenvalue weighted by Gasteiger charge is 2.47. The Kier molecular flexibility index (Phi) is 5.38. The summed E-state index contributed by atoms with van der Waals surface area (Å²) < 4.78 is 14.7. The number of alkyl halides is 1. The second kappa shape index (κ2) is 6.51. The number of nitrogens with zero attached hydrogens (tertiary/aromatic N) is 2. The fourth-order valence-corrected chi connectivity index (χ4v) is 5.27. The van der Waals surface area contributed by atoms with Crippen LogP contribution < -0.4 is 5.32 Å². The van der Waals surface area contributed by atoms with E-state index in [1.807, 2.05) is 0 Å². The van der Waals surface area contributed by atoms with E-state index in [4.69, 9.17) is 0 Å². The first kappa shape index (κ1) is 16.5. The Labute approximate surface area is 126 Å². The fraction of sp³-hybridized carbons (Fsp3) is 1.00. The van der Waals surface area contributed by atoms with Gasteiger partial charge in [0.25, 0.3) is 0 Å². The van der Waals surface area contributed by atoms with Crippen LogP contribution >= 0.6 is 10.9 Å². The Morgan fingerprint density at radius 2 is 1.80 bits per heavy atom. The van der Waals surface area contributed by atoms with Gasteiger partial charge in [-0.15, -0.1) is 0 Å². The topological polar surface area (TPSA) is 18.5 Å². The number of rotatable bonds is 3. The molecule has 2 aliphatic heterocycles. The van der Waals surface area contributed by atoms with Gasteiger partial charge in [-0.3, -0.25) is 9.80 Å². The molecule has 5 heteroatoms. The molecule has 0 spiro atoms. The Hall–Kier alpha value is 0.160. The van der Waals surface area contributed by atoms with Crippen molar-refractivity contribution in [3.63, 3.8) is 0 Å². The number of halogens is 1. The summed E-state index contributed by atoms with van der Waals surface area (Å²) in [6.07, 6.45) is 4.64. The third kappa shape index (κ3) is 3.67. The van der Waals surface area contributed by atoms with Crippen molar-refractivity contribution < 1.29 is 4.39 Å². The highest BCUT2D eigenvalue weighted by Crippen LogP contribution is 2.43. The van der Waals surface area contributed by atoms with Gasteiger partial charge in [-0.1, -0.05) is 0 Å². The van der Waals surface area contributed by atoms with E-state index >= 15 is 0 Å². The summed E-state index contributed by atoms with van der Waals surface area (Å²) in [5.74, 6) is 0. The molecule has 0 bridgehead atoms. The van der Waals surface area contributed by atoms with Gasteiger partial charge in [-0.25, -0.2) is 15.3 Å². The van der Waals surface area contributed by atoms with Gasteiger partial charge in [-0.05, 0) is 33.3 Å². The highest BCUT2D eigenvalue weighted by molar-refractivity contribution is 8.16. The maximum atomic E-state index is 14.7. The van der Waals surface area contributed by atoms with Crippen molar-refractivity contribution in [2.45, 2.75) is 50.3 Å². The molecule has 120 valence electrons. The van der Waals surface area contributed by atoms with Crippen molar-refractivity contribution in [2.24, 2.45) is 0 Å². The number of likely N-dealkylation sites (tertiary alicyclic amines) is 1. The predicted octanol–water partition coefficient (Wildman–Crippen LogP) is 1.69. The van der Waals surface area contributed by atoms with Gasteiger partial charge >= 0.3 is 0 Å². The number of nitrogens with one attached hydrogen (secondary N) is 1. The van der Waals surface area contributed by atoms with E-state index in [9.17, 15) is 4.39 Å². The maximum Gasteiger partial charge on any atom is 0.119 e. The molecule has 3 nitrogen and oxygen atoms in total. The fourth-order valence-electron chi connectivity index (χ4n) is 3.63. The Morgan fingerprint density at radius 1 is 1.20 bits per heavy atom. The molecular weight excluding hydrogens is 273 g/mol. The monoisotopic (exact) mass is 305 g/mol. The molecule has 1 N–H and O–H groups in total. The molecule has 0 aromatic rings. The molecule has 0 aliphatic carbocycles. The van der Waals surface area contributed by atoms with E-state index in [1.165, 1.54) is 0 Å². The van der Waals surface area contributed by atoms with Gasteiger partial charge in [0, 0.05) is 50.1 Å². The van der Waals surface area contributed by atoms with Crippen molar-refractivity contribution in [3.05, 3.63) is 0 Å². The molecule has 2 fully saturated rings. The van der Waals surface area contributed by atoms with E-state index in [0.29, 0.717) is 5.37 Å². The molecule has 20 heavy (non-hydrogen) atoms. The van der Waals surface area contributed by atoms with Crippen LogP contribution in [-0.2, 0) is 0 Å². The predicted molar refractivity (Wildman–Crippen MR) is 88.8 cm³/mol. The zero-order valence-corrected chi connectivity index (χ0v) is 14.6. The minimum atomic E-state index is -0.668. The van der Waals surface area contributed by atoms with Gasteiger partial charge in [0.2, 0.25) is 0 Å². The first-order valence-corrected chi connectivity index (χ1v) is 10.1. The summed E-state index contributed by atoms with van der Waals surface area (Å²) in [5, 5.41) is 3.81. The van der Waals surface area contributed by atoms with Crippen LogP contribution in [0.5, 0.6) is 0 Å². The normalized spacial score (nSPS) is 34.5. The first-order chi connectivity index (χ1) is 9.30. The van der Waals surface area contributed by atoms with E-state index in [-0.39, 0.29) is 22.5 Å². The summed E-state index contributed by atoms with van der Waals surface area (Å²) in [7, 11) is -0.127. The lowest BCUT2D eigenvalue weighted by atomic mass is 10.0. The van der Waals surface area contributed by atoms with Crippen LogP contribution in [0.15, 0.2) is 0 Å². The third-order valence-electron chi connectivity index (χ3n) is 4.56. The zero-order valence-electron chi connectivity index (χ0n) is 13.7. The molecule has 0 aromatic heterocycles. The quantitative estimate of drug-likeness (QED) is 0.774. The van der Waals surface area contributed by atoms with Crippen LogP contribution in [0.3, 0.4) is 0 Å². The Balaban J connectivity index is 2.11. The van der Waals surface area contributed by atoms with Gasteiger partial charge in [0.15, 0.2) is 0 Å². The number of thiol groups is 1. The smallest absolute Gasteiger partial charge is 0.119 e. The van der Waals surface area contributed by atoms with Crippen LogP contribution in [0.1, 0.15) is 27.2 Å². The second-order valence-corrected chi connectivity index (χ2v) is 9.92. The van der Waals surface area contributed by atoms with Crippen molar-refractivity contribution in [2.75, 3.05) is 45.2 Å². The van der Waals surface area contributed by atoms with E-state index in [2.05, 4.69) is 48.4 Å². The Morgan fingerprint density at radius 3 is 2.30 bits per heavy atom.